The quantitative estimate of drug-likeness (QED) is 0.278. The molecule has 3 N–H and O–H groups in total. The van der Waals surface area contributed by atoms with Crippen LogP contribution in [-0.4, -0.2) is 86.3 Å². The molecular weight excluding hydrogens is 648 g/mol. The minimum atomic E-state index is -3.73. The van der Waals surface area contributed by atoms with Gasteiger partial charge in [0.25, 0.3) is 15.9 Å². The first-order chi connectivity index (χ1) is 22.4. The van der Waals surface area contributed by atoms with Gasteiger partial charge in [0.1, 0.15) is 15.8 Å². The Bertz CT molecular complexity index is 1590. The number of aliphatic hydroxyl groups is 1. The van der Waals surface area contributed by atoms with Gasteiger partial charge in [-0.3, -0.25) is 4.79 Å². The average Bonchev–Trinajstić information content (AvgIpc) is 3.60. The van der Waals surface area contributed by atoms with Crippen LogP contribution in [0.4, 0.5) is 20.6 Å². The number of benzene rings is 2. The number of anilines is 2. The molecular formula is C33H43FN4O7S2. The summed E-state index contributed by atoms with van der Waals surface area (Å²) in [7, 11) is -2.21. The summed E-state index contributed by atoms with van der Waals surface area (Å²) in [6.45, 7) is 5.83. The molecule has 47 heavy (non-hydrogen) atoms. The van der Waals surface area contributed by atoms with Gasteiger partial charge in [0.15, 0.2) is 0 Å². The highest BCUT2D eigenvalue weighted by Crippen LogP contribution is 2.29. The molecule has 0 unspecified atom stereocenters. The number of ether oxygens (including phenoxy) is 2. The molecule has 1 aliphatic rings. The monoisotopic (exact) mass is 690 g/mol. The van der Waals surface area contributed by atoms with Crippen LogP contribution < -0.4 is 15.4 Å². The number of sulfonamides is 1. The van der Waals surface area contributed by atoms with Gasteiger partial charge in [0, 0.05) is 44.0 Å². The van der Waals surface area contributed by atoms with Crippen molar-refractivity contribution >= 4 is 44.7 Å². The van der Waals surface area contributed by atoms with E-state index < -0.39 is 39.9 Å². The summed E-state index contributed by atoms with van der Waals surface area (Å²) in [6, 6.07) is 12.2. The number of rotatable bonds is 8. The largest absolute Gasteiger partial charge is 0.490 e. The van der Waals surface area contributed by atoms with E-state index >= 15 is 0 Å². The van der Waals surface area contributed by atoms with Crippen LogP contribution in [0.2, 0.25) is 0 Å². The number of nitrogens with zero attached hydrogens (tertiary/aromatic N) is 2. The van der Waals surface area contributed by atoms with Crippen molar-refractivity contribution in [3.05, 3.63) is 71.4 Å². The molecule has 3 amide bonds. The number of hydrogen-bond acceptors (Lipinski definition) is 8. The van der Waals surface area contributed by atoms with Crippen molar-refractivity contribution in [3.63, 3.8) is 0 Å². The molecule has 1 aromatic heterocycles. The van der Waals surface area contributed by atoms with E-state index in [1.165, 1.54) is 46.6 Å². The summed E-state index contributed by atoms with van der Waals surface area (Å²) >= 11 is 1.14. The second-order valence-electron chi connectivity index (χ2n) is 11.8. The van der Waals surface area contributed by atoms with Gasteiger partial charge >= 0.3 is 6.03 Å². The Hall–Kier alpha value is -3.56. The number of hydrogen-bond donors (Lipinski definition) is 3. The number of aliphatic hydroxyl groups excluding tert-OH is 1. The Balaban J connectivity index is 1.62. The third-order valence-electron chi connectivity index (χ3n) is 8.01. The maximum Gasteiger partial charge on any atom is 0.323 e. The lowest BCUT2D eigenvalue weighted by Gasteiger charge is -2.35. The minimum Gasteiger partial charge on any atom is -0.490 e. The van der Waals surface area contributed by atoms with Gasteiger partial charge < -0.3 is 30.1 Å². The SMILES string of the molecule is C[C@@H]1CCCCO[C@H](CN(C)S(=O)(=O)c2cccs2)[C@H](C)CN([C@@H](C)CO)C(=O)c2cc(NC(=O)Nc3ccc(F)cc3)ccc2O1. The number of urea groups is 1. The predicted octanol–water partition coefficient (Wildman–Crippen LogP) is 5.65. The molecule has 11 nitrogen and oxygen atoms in total. The van der Waals surface area contributed by atoms with Crippen LogP contribution in [0, 0.1) is 11.7 Å². The summed E-state index contributed by atoms with van der Waals surface area (Å²) < 4.78 is 53.8. The second kappa shape index (κ2) is 16.5. The average molecular weight is 691 g/mol. The van der Waals surface area contributed by atoms with Crippen molar-refractivity contribution in [2.24, 2.45) is 5.92 Å². The first kappa shape index (κ1) is 36.3. The predicted molar refractivity (Wildman–Crippen MR) is 180 cm³/mol. The maximum absolute atomic E-state index is 14.3. The van der Waals surface area contributed by atoms with Crippen LogP contribution in [0.25, 0.3) is 0 Å². The van der Waals surface area contributed by atoms with E-state index in [4.69, 9.17) is 9.47 Å². The van der Waals surface area contributed by atoms with Gasteiger partial charge in [0.2, 0.25) is 0 Å². The maximum atomic E-state index is 14.3. The number of carbonyl (C=O) groups excluding carboxylic acids is 2. The molecule has 2 aromatic carbocycles. The molecule has 256 valence electrons. The number of halogens is 1. The zero-order valence-corrected chi connectivity index (χ0v) is 28.7. The van der Waals surface area contributed by atoms with E-state index in [-0.39, 0.29) is 41.5 Å². The molecule has 0 saturated heterocycles. The molecule has 4 rings (SSSR count). The summed E-state index contributed by atoms with van der Waals surface area (Å²) in [4.78, 5) is 28.6. The highest BCUT2D eigenvalue weighted by atomic mass is 32.2. The lowest BCUT2D eigenvalue weighted by atomic mass is 10.0. The van der Waals surface area contributed by atoms with Crippen molar-refractivity contribution in [1.82, 2.24) is 9.21 Å². The van der Waals surface area contributed by atoms with Crippen molar-refractivity contribution in [2.75, 3.05) is 44.0 Å². The normalized spacial score (nSPS) is 20.5. The van der Waals surface area contributed by atoms with Crippen LogP contribution >= 0.6 is 11.3 Å². The Morgan fingerprint density at radius 1 is 1.13 bits per heavy atom. The van der Waals surface area contributed by atoms with Gasteiger partial charge in [-0.15, -0.1) is 11.3 Å². The summed E-state index contributed by atoms with van der Waals surface area (Å²) in [5.41, 5.74) is 0.897. The second-order valence-corrected chi connectivity index (χ2v) is 15.0. The van der Waals surface area contributed by atoms with Crippen molar-refractivity contribution < 1.29 is 37.0 Å². The molecule has 4 atom stereocenters. The molecule has 0 spiro atoms. The van der Waals surface area contributed by atoms with Crippen LogP contribution in [0.15, 0.2) is 64.2 Å². The number of carbonyl (C=O) groups is 2. The zero-order valence-electron chi connectivity index (χ0n) is 27.0. The third-order valence-corrected chi connectivity index (χ3v) is 11.2. The van der Waals surface area contributed by atoms with Crippen LogP contribution in [0.3, 0.4) is 0 Å². The molecule has 2 heterocycles. The summed E-state index contributed by atoms with van der Waals surface area (Å²) in [5.74, 6) is -0.859. The zero-order chi connectivity index (χ0) is 34.1. The summed E-state index contributed by atoms with van der Waals surface area (Å²) in [5, 5.41) is 17.2. The Labute approximate surface area is 279 Å². The van der Waals surface area contributed by atoms with Gasteiger partial charge in [-0.05, 0) is 87.0 Å². The van der Waals surface area contributed by atoms with Crippen LogP contribution in [-0.2, 0) is 14.8 Å². The number of likely N-dealkylation sites (N-methyl/N-ethyl adjacent to an activating group) is 1. The first-order valence-corrected chi connectivity index (χ1v) is 17.9. The number of nitrogens with one attached hydrogen (secondary N) is 2. The minimum absolute atomic E-state index is 0.0737. The number of thiophene rings is 1. The highest BCUT2D eigenvalue weighted by Gasteiger charge is 2.32. The standard InChI is InChI=1S/C33H43FN4O7S2/c1-22-19-38(23(2)21-39)32(40)28-18-27(36-33(41)35-26-12-10-25(34)11-13-26)14-15-29(28)45-24(3)8-5-6-16-44-30(22)20-37(4)47(42,43)31-9-7-17-46-31/h7,9-15,17-18,22-24,30,39H,5-6,8,16,19-21H2,1-4H3,(H2,35,36,41)/t22-,23+,24-,30-/m1/s1. The number of amides is 3. The molecule has 0 aliphatic carbocycles. The van der Waals surface area contributed by atoms with Crippen LogP contribution in [0.1, 0.15) is 50.4 Å². The lowest BCUT2D eigenvalue weighted by molar-refractivity contribution is -0.00832. The molecule has 0 saturated carbocycles. The van der Waals surface area contributed by atoms with Crippen LogP contribution in [0.5, 0.6) is 5.75 Å². The van der Waals surface area contributed by atoms with Gasteiger partial charge in [-0.1, -0.05) is 13.0 Å². The molecule has 14 heteroatoms. The van der Waals surface area contributed by atoms with Gasteiger partial charge in [0.05, 0.1) is 30.4 Å². The van der Waals surface area contributed by atoms with Crippen molar-refractivity contribution in [3.8, 4) is 5.75 Å². The van der Waals surface area contributed by atoms with E-state index in [9.17, 15) is 27.5 Å². The highest BCUT2D eigenvalue weighted by molar-refractivity contribution is 7.91. The van der Waals surface area contributed by atoms with Crippen molar-refractivity contribution in [1.29, 1.82) is 0 Å². The fraction of sp³-hybridized carbons (Fsp3) is 0.455. The topological polar surface area (TPSA) is 138 Å². The Kier molecular flexibility index (Phi) is 12.7. The summed E-state index contributed by atoms with van der Waals surface area (Å²) in [6.07, 6.45) is 1.40. The van der Waals surface area contributed by atoms with E-state index in [0.29, 0.717) is 30.2 Å². The van der Waals surface area contributed by atoms with E-state index in [0.717, 1.165) is 24.2 Å². The van der Waals surface area contributed by atoms with Gasteiger partial charge in [-0.2, -0.15) is 4.31 Å². The Morgan fingerprint density at radius 3 is 2.51 bits per heavy atom. The molecule has 0 radical (unpaired) electrons. The lowest BCUT2D eigenvalue weighted by Crippen LogP contribution is -2.48. The van der Waals surface area contributed by atoms with E-state index in [1.54, 1.807) is 36.6 Å². The third kappa shape index (κ3) is 9.73. The molecule has 3 aromatic rings. The first-order valence-electron chi connectivity index (χ1n) is 15.6. The Morgan fingerprint density at radius 2 is 1.83 bits per heavy atom. The fourth-order valence-electron chi connectivity index (χ4n) is 5.20. The van der Waals surface area contributed by atoms with Crippen molar-refractivity contribution in [2.45, 2.75) is 62.5 Å². The molecule has 1 aliphatic heterocycles. The fourth-order valence-corrected chi connectivity index (χ4v) is 7.59. The smallest absolute Gasteiger partial charge is 0.323 e. The van der Waals surface area contributed by atoms with Gasteiger partial charge in [-0.25, -0.2) is 17.6 Å². The molecule has 0 bridgehead atoms. The van der Waals surface area contributed by atoms with E-state index in [2.05, 4.69) is 10.6 Å². The van der Waals surface area contributed by atoms with E-state index in [1.807, 2.05) is 13.8 Å². The molecule has 0 fully saturated rings. The number of fused-ring (bicyclic) bond motifs is 1.